The summed E-state index contributed by atoms with van der Waals surface area (Å²) >= 11 is 0. The van der Waals surface area contributed by atoms with Gasteiger partial charge in [-0.25, -0.2) is 0 Å². The first-order valence-corrected chi connectivity index (χ1v) is 5.41. The van der Waals surface area contributed by atoms with E-state index in [4.69, 9.17) is 0 Å². The van der Waals surface area contributed by atoms with E-state index in [1.54, 1.807) is 4.90 Å². The number of rotatable bonds is 3. The molecule has 0 aromatic rings. The molecule has 0 aromatic heterocycles. The van der Waals surface area contributed by atoms with Crippen LogP contribution in [-0.2, 0) is 0 Å². The zero-order valence-corrected chi connectivity index (χ0v) is 8.60. The average Bonchev–Trinajstić information content (AvgIpc) is 2.09. The van der Waals surface area contributed by atoms with E-state index in [0.29, 0.717) is 6.04 Å². The van der Waals surface area contributed by atoms with Gasteiger partial charge in [0, 0.05) is 6.42 Å². The van der Waals surface area contributed by atoms with E-state index in [-0.39, 0.29) is 0 Å². The molecule has 0 saturated carbocycles. The minimum atomic E-state index is 0.667. The molecule has 1 heterocycles. The summed E-state index contributed by atoms with van der Waals surface area (Å²) in [6.07, 6.45) is 5.52. The summed E-state index contributed by atoms with van der Waals surface area (Å²) in [5.41, 5.74) is 4.16. The van der Waals surface area contributed by atoms with Gasteiger partial charge >= 0.3 is 0 Å². The van der Waals surface area contributed by atoms with E-state index in [9.17, 15) is 0 Å². The first-order valence-electron chi connectivity index (χ1n) is 5.41. The van der Waals surface area contributed by atoms with Gasteiger partial charge in [0.1, 0.15) is 12.6 Å². The van der Waals surface area contributed by atoms with Gasteiger partial charge in [0.05, 0.1) is 12.6 Å². The Hall–Kier alpha value is -0.0800. The van der Waals surface area contributed by atoms with Crippen molar-refractivity contribution in [2.45, 2.75) is 51.6 Å². The Kier molecular flexibility index (Phi) is 4.02. The van der Waals surface area contributed by atoms with Crippen molar-refractivity contribution in [2.24, 2.45) is 0 Å². The first kappa shape index (κ1) is 10.0. The molecule has 0 bridgehead atoms. The van der Waals surface area contributed by atoms with Gasteiger partial charge in [-0.05, 0) is 26.2 Å². The molecule has 2 nitrogen and oxygen atoms in total. The molecular weight excluding hydrogens is 148 g/mol. The second kappa shape index (κ2) is 4.83. The lowest BCUT2D eigenvalue weighted by Crippen LogP contribution is -3.18. The minimum Gasteiger partial charge on any atom is -0.350 e. The minimum absolute atomic E-state index is 0.667. The molecule has 4 N–H and O–H groups in total. The maximum atomic E-state index is 4.16. The number of quaternary nitrogens is 2. The van der Waals surface area contributed by atoms with Crippen molar-refractivity contribution >= 4 is 0 Å². The van der Waals surface area contributed by atoms with Crippen molar-refractivity contribution < 1.29 is 10.6 Å². The van der Waals surface area contributed by atoms with E-state index in [1.165, 1.54) is 38.8 Å². The lowest BCUT2D eigenvalue weighted by atomic mass is 10.0. The molecule has 0 radical (unpaired) electrons. The molecule has 1 aliphatic rings. The number of hydrogen-bond acceptors (Lipinski definition) is 0. The van der Waals surface area contributed by atoms with Crippen LogP contribution < -0.4 is 10.6 Å². The summed E-state index contributed by atoms with van der Waals surface area (Å²) in [6.45, 7) is 7.30. The average molecular weight is 172 g/mol. The predicted octanol–water partition coefficient (Wildman–Crippen LogP) is -0.536. The number of nitrogens with one attached hydrogen (secondary N) is 1. The molecule has 1 rings (SSSR count). The molecule has 72 valence electrons. The molecule has 12 heavy (non-hydrogen) atoms. The van der Waals surface area contributed by atoms with Gasteiger partial charge in [-0.15, -0.1) is 0 Å². The number of hydrogen-bond donors (Lipinski definition) is 2. The molecule has 3 atom stereocenters. The molecule has 1 fully saturated rings. The van der Waals surface area contributed by atoms with Gasteiger partial charge in [0.15, 0.2) is 0 Å². The number of piperidine rings is 1. The van der Waals surface area contributed by atoms with Crippen LogP contribution in [0.5, 0.6) is 0 Å². The van der Waals surface area contributed by atoms with Gasteiger partial charge in [-0.1, -0.05) is 6.92 Å². The highest BCUT2D eigenvalue weighted by molar-refractivity contribution is 4.57. The Morgan fingerprint density at radius 1 is 1.50 bits per heavy atom. The molecule has 0 aliphatic carbocycles. The normalized spacial score (nSPS) is 33.2. The fourth-order valence-electron chi connectivity index (χ4n) is 2.07. The molecule has 1 aliphatic heterocycles. The summed E-state index contributed by atoms with van der Waals surface area (Å²) in [5.74, 6) is 0. The summed E-state index contributed by atoms with van der Waals surface area (Å²) < 4.78 is 0. The van der Waals surface area contributed by atoms with Crippen molar-refractivity contribution in [1.82, 2.24) is 0 Å². The van der Waals surface area contributed by atoms with Crippen LogP contribution in [0.2, 0.25) is 0 Å². The van der Waals surface area contributed by atoms with Crippen molar-refractivity contribution in [2.75, 3.05) is 13.1 Å². The lowest BCUT2D eigenvalue weighted by Gasteiger charge is -2.30. The highest BCUT2D eigenvalue weighted by Gasteiger charge is 2.24. The van der Waals surface area contributed by atoms with Gasteiger partial charge in [-0.3, -0.25) is 0 Å². The molecule has 1 saturated heterocycles. The first-order chi connectivity index (χ1) is 5.74. The molecule has 0 aromatic carbocycles. The highest BCUT2D eigenvalue weighted by atomic mass is 15.2. The summed E-state index contributed by atoms with van der Waals surface area (Å²) in [7, 11) is 0. The monoisotopic (exact) mass is 172 g/mol. The van der Waals surface area contributed by atoms with Gasteiger partial charge in [0.25, 0.3) is 0 Å². The van der Waals surface area contributed by atoms with E-state index in [1.807, 2.05) is 0 Å². The van der Waals surface area contributed by atoms with Gasteiger partial charge < -0.3 is 10.6 Å². The van der Waals surface area contributed by atoms with E-state index < -0.39 is 0 Å². The zero-order chi connectivity index (χ0) is 8.97. The fraction of sp³-hybridized carbons (Fsp3) is 1.00. The summed E-state index contributed by atoms with van der Waals surface area (Å²) in [5, 5.41) is 0. The third-order valence-electron chi connectivity index (χ3n) is 3.21. The standard InChI is InChI=1S/C10H22N2/c1-3-10(11)8-12-7-5-4-6-9(12)2/h9-10H,3-8,11H2,1-2H3/p+2/t9-,10-/m0/s1. The maximum absolute atomic E-state index is 4.16. The van der Waals surface area contributed by atoms with E-state index in [0.717, 1.165) is 6.04 Å². The lowest BCUT2D eigenvalue weighted by molar-refractivity contribution is -0.936. The SMILES string of the molecule is CC[C@H]([NH3+])C[NH+]1CCCC[C@@H]1C. The van der Waals surface area contributed by atoms with Crippen LogP contribution in [0, 0.1) is 0 Å². The van der Waals surface area contributed by atoms with Crippen molar-refractivity contribution in [3.63, 3.8) is 0 Å². The molecule has 2 heteroatoms. The van der Waals surface area contributed by atoms with Crippen LogP contribution in [0.3, 0.4) is 0 Å². The van der Waals surface area contributed by atoms with Crippen molar-refractivity contribution in [1.29, 1.82) is 0 Å². The van der Waals surface area contributed by atoms with Crippen LogP contribution in [0.1, 0.15) is 39.5 Å². The largest absolute Gasteiger partial charge is 0.350 e. The third-order valence-corrected chi connectivity index (χ3v) is 3.21. The topological polar surface area (TPSA) is 32.1 Å². The van der Waals surface area contributed by atoms with Crippen molar-refractivity contribution in [3.05, 3.63) is 0 Å². The van der Waals surface area contributed by atoms with Crippen LogP contribution >= 0.6 is 0 Å². The predicted molar refractivity (Wildman–Crippen MR) is 51.0 cm³/mol. The molecule has 0 amide bonds. The quantitative estimate of drug-likeness (QED) is 0.573. The van der Waals surface area contributed by atoms with Gasteiger partial charge in [-0.2, -0.15) is 0 Å². The maximum Gasteiger partial charge on any atom is 0.134 e. The molecule has 1 unspecified atom stereocenters. The van der Waals surface area contributed by atoms with E-state index in [2.05, 4.69) is 19.6 Å². The Balaban J connectivity index is 2.28. The van der Waals surface area contributed by atoms with Crippen LogP contribution in [0.15, 0.2) is 0 Å². The fourth-order valence-corrected chi connectivity index (χ4v) is 2.07. The van der Waals surface area contributed by atoms with E-state index >= 15 is 0 Å². The van der Waals surface area contributed by atoms with Crippen LogP contribution in [0.25, 0.3) is 0 Å². The molecule has 0 spiro atoms. The Morgan fingerprint density at radius 2 is 2.25 bits per heavy atom. The second-order valence-corrected chi connectivity index (χ2v) is 4.28. The summed E-state index contributed by atoms with van der Waals surface area (Å²) in [6, 6.07) is 1.55. The highest BCUT2D eigenvalue weighted by Crippen LogP contribution is 2.01. The summed E-state index contributed by atoms with van der Waals surface area (Å²) in [4.78, 5) is 1.79. The van der Waals surface area contributed by atoms with Crippen LogP contribution in [-0.4, -0.2) is 25.2 Å². The molecular formula is C10H24N2+2. The zero-order valence-electron chi connectivity index (χ0n) is 8.60. The van der Waals surface area contributed by atoms with Gasteiger partial charge in [0.2, 0.25) is 0 Å². The van der Waals surface area contributed by atoms with Crippen LogP contribution in [0.4, 0.5) is 0 Å². The third kappa shape index (κ3) is 2.76. The smallest absolute Gasteiger partial charge is 0.134 e. The second-order valence-electron chi connectivity index (χ2n) is 4.28. The Bertz CT molecular complexity index is 125. The van der Waals surface area contributed by atoms with Crippen molar-refractivity contribution in [3.8, 4) is 0 Å². The number of likely N-dealkylation sites (tertiary alicyclic amines) is 1. The Morgan fingerprint density at radius 3 is 2.83 bits per heavy atom. The Labute approximate surface area is 76.1 Å².